The SMILES string of the molecule is C=CC(=O)NC1CCC=C(c2ncnc3[nH]cc(-c4cccs4)c23)C1. The van der Waals surface area contributed by atoms with Crippen LogP contribution in [0.2, 0.25) is 0 Å². The van der Waals surface area contributed by atoms with Crippen LogP contribution >= 0.6 is 11.3 Å². The summed E-state index contributed by atoms with van der Waals surface area (Å²) in [5.74, 6) is -0.125. The number of thiophene rings is 1. The van der Waals surface area contributed by atoms with E-state index in [2.05, 4.69) is 44.4 Å². The standard InChI is InChI=1S/C19H18N4OS/c1-2-16(24)23-13-6-3-5-12(9-13)18-17-14(15-7-4-8-25-15)10-20-19(17)22-11-21-18/h2,4-5,7-8,10-11,13H,1,3,6,9H2,(H,23,24)(H,20,21,22). The first-order valence-electron chi connectivity index (χ1n) is 8.24. The van der Waals surface area contributed by atoms with Crippen LogP contribution in [0.1, 0.15) is 25.0 Å². The molecular weight excluding hydrogens is 332 g/mol. The Hall–Kier alpha value is -2.73. The second-order valence-corrected chi connectivity index (χ2v) is 6.99. The summed E-state index contributed by atoms with van der Waals surface area (Å²) in [7, 11) is 0. The zero-order valence-electron chi connectivity index (χ0n) is 13.7. The summed E-state index contributed by atoms with van der Waals surface area (Å²) in [6.45, 7) is 3.53. The molecule has 0 aromatic carbocycles. The fraction of sp³-hybridized carbons (Fsp3) is 0.211. The molecule has 0 spiro atoms. The van der Waals surface area contributed by atoms with Gasteiger partial charge in [0.25, 0.3) is 0 Å². The lowest BCUT2D eigenvalue weighted by atomic mass is 9.91. The van der Waals surface area contributed by atoms with Gasteiger partial charge in [0.05, 0.1) is 11.1 Å². The average Bonchev–Trinajstić information content (AvgIpc) is 3.30. The minimum Gasteiger partial charge on any atom is -0.349 e. The third-order valence-corrected chi connectivity index (χ3v) is 5.37. The molecule has 1 unspecified atom stereocenters. The normalized spacial score (nSPS) is 17.3. The summed E-state index contributed by atoms with van der Waals surface area (Å²) in [4.78, 5) is 25.0. The van der Waals surface area contributed by atoms with E-state index in [0.717, 1.165) is 47.1 Å². The number of H-pyrrole nitrogens is 1. The van der Waals surface area contributed by atoms with Crippen molar-refractivity contribution in [1.82, 2.24) is 20.3 Å². The maximum Gasteiger partial charge on any atom is 0.243 e. The van der Waals surface area contributed by atoms with Crippen molar-refractivity contribution in [3.05, 3.63) is 54.5 Å². The van der Waals surface area contributed by atoms with Crippen LogP contribution in [-0.4, -0.2) is 26.9 Å². The highest BCUT2D eigenvalue weighted by Gasteiger charge is 2.22. The Balaban J connectivity index is 1.74. The van der Waals surface area contributed by atoms with Crippen molar-refractivity contribution >= 4 is 33.9 Å². The van der Waals surface area contributed by atoms with Gasteiger partial charge >= 0.3 is 0 Å². The second kappa shape index (κ2) is 6.64. The summed E-state index contributed by atoms with van der Waals surface area (Å²) >= 11 is 1.70. The van der Waals surface area contributed by atoms with Gasteiger partial charge in [-0.1, -0.05) is 18.7 Å². The van der Waals surface area contributed by atoms with Crippen LogP contribution in [0.5, 0.6) is 0 Å². The molecule has 3 aromatic heterocycles. The number of aromatic nitrogens is 3. The lowest BCUT2D eigenvalue weighted by Gasteiger charge is -2.23. The van der Waals surface area contributed by atoms with Crippen molar-refractivity contribution in [3.63, 3.8) is 0 Å². The van der Waals surface area contributed by atoms with E-state index in [1.165, 1.54) is 11.0 Å². The third kappa shape index (κ3) is 3.00. The van der Waals surface area contributed by atoms with Crippen molar-refractivity contribution in [3.8, 4) is 10.4 Å². The van der Waals surface area contributed by atoms with Crippen molar-refractivity contribution in [2.75, 3.05) is 0 Å². The van der Waals surface area contributed by atoms with Crippen LogP contribution < -0.4 is 5.32 Å². The molecule has 3 heterocycles. The molecule has 126 valence electrons. The Labute approximate surface area is 149 Å². The molecule has 0 bridgehead atoms. The Bertz CT molecular complexity index is 955. The number of hydrogen-bond donors (Lipinski definition) is 2. The first kappa shape index (κ1) is 15.8. The first-order chi connectivity index (χ1) is 12.3. The molecule has 25 heavy (non-hydrogen) atoms. The Kier molecular flexibility index (Phi) is 4.19. The predicted octanol–water partition coefficient (Wildman–Crippen LogP) is 3.92. The summed E-state index contributed by atoms with van der Waals surface area (Å²) in [6.07, 6.45) is 9.75. The van der Waals surface area contributed by atoms with Crippen LogP contribution in [0, 0.1) is 0 Å². The smallest absolute Gasteiger partial charge is 0.243 e. The van der Waals surface area contributed by atoms with Gasteiger partial charge in [0.2, 0.25) is 5.91 Å². The molecule has 0 radical (unpaired) electrons. The highest BCUT2D eigenvalue weighted by molar-refractivity contribution is 7.13. The van der Waals surface area contributed by atoms with Gasteiger partial charge in [-0.2, -0.15) is 0 Å². The highest BCUT2D eigenvalue weighted by Crippen LogP contribution is 2.37. The van der Waals surface area contributed by atoms with Gasteiger partial charge < -0.3 is 10.3 Å². The predicted molar refractivity (Wildman–Crippen MR) is 101 cm³/mol. The van der Waals surface area contributed by atoms with Gasteiger partial charge in [-0.05, 0) is 42.4 Å². The maximum atomic E-state index is 11.6. The van der Waals surface area contributed by atoms with Crippen molar-refractivity contribution in [2.45, 2.75) is 25.3 Å². The van der Waals surface area contributed by atoms with E-state index in [-0.39, 0.29) is 11.9 Å². The van der Waals surface area contributed by atoms with Crippen molar-refractivity contribution < 1.29 is 4.79 Å². The van der Waals surface area contributed by atoms with E-state index >= 15 is 0 Å². The molecule has 0 fully saturated rings. The second-order valence-electron chi connectivity index (χ2n) is 6.05. The summed E-state index contributed by atoms with van der Waals surface area (Å²) in [5.41, 5.74) is 4.07. The monoisotopic (exact) mass is 350 g/mol. The number of carbonyl (C=O) groups excluding carboxylic acids is 1. The molecule has 4 rings (SSSR count). The molecule has 1 amide bonds. The Morgan fingerprint density at radius 1 is 1.44 bits per heavy atom. The number of carbonyl (C=O) groups is 1. The van der Waals surface area contributed by atoms with E-state index in [9.17, 15) is 4.79 Å². The molecule has 1 atom stereocenters. The van der Waals surface area contributed by atoms with Gasteiger partial charge in [0.15, 0.2) is 0 Å². The van der Waals surface area contributed by atoms with Crippen molar-refractivity contribution in [1.29, 1.82) is 0 Å². The lowest BCUT2D eigenvalue weighted by Crippen LogP contribution is -2.34. The van der Waals surface area contributed by atoms with Crippen LogP contribution in [-0.2, 0) is 4.79 Å². The lowest BCUT2D eigenvalue weighted by molar-refractivity contribution is -0.117. The summed E-state index contributed by atoms with van der Waals surface area (Å²) in [6, 6.07) is 4.26. The van der Waals surface area contributed by atoms with E-state index in [1.807, 2.05) is 12.3 Å². The Morgan fingerprint density at radius 3 is 3.16 bits per heavy atom. The third-order valence-electron chi connectivity index (χ3n) is 4.46. The number of aromatic amines is 1. The number of rotatable bonds is 4. The number of nitrogens with one attached hydrogen (secondary N) is 2. The van der Waals surface area contributed by atoms with Crippen LogP contribution in [0.4, 0.5) is 0 Å². The molecule has 5 nitrogen and oxygen atoms in total. The van der Waals surface area contributed by atoms with Crippen molar-refractivity contribution in [2.24, 2.45) is 0 Å². The highest BCUT2D eigenvalue weighted by atomic mass is 32.1. The summed E-state index contributed by atoms with van der Waals surface area (Å²) < 4.78 is 0. The van der Waals surface area contributed by atoms with E-state index in [4.69, 9.17) is 0 Å². The molecule has 1 aliphatic rings. The fourth-order valence-corrected chi connectivity index (χ4v) is 4.07. The van der Waals surface area contributed by atoms with E-state index in [1.54, 1.807) is 17.7 Å². The minimum absolute atomic E-state index is 0.111. The van der Waals surface area contributed by atoms with E-state index < -0.39 is 0 Å². The largest absolute Gasteiger partial charge is 0.349 e. The van der Waals surface area contributed by atoms with Gasteiger partial charge in [-0.25, -0.2) is 9.97 Å². The minimum atomic E-state index is -0.125. The molecule has 1 aliphatic carbocycles. The summed E-state index contributed by atoms with van der Waals surface area (Å²) in [5, 5.41) is 6.12. The number of amides is 1. The fourth-order valence-electron chi connectivity index (χ4n) is 3.32. The number of allylic oxidation sites excluding steroid dienone is 1. The van der Waals surface area contributed by atoms with Crippen LogP contribution in [0.3, 0.4) is 0 Å². The molecule has 2 N–H and O–H groups in total. The zero-order chi connectivity index (χ0) is 17.2. The first-order valence-corrected chi connectivity index (χ1v) is 9.12. The van der Waals surface area contributed by atoms with Crippen LogP contribution in [0.25, 0.3) is 27.0 Å². The average molecular weight is 350 g/mol. The number of fused-ring (bicyclic) bond motifs is 1. The molecule has 3 aromatic rings. The van der Waals surface area contributed by atoms with E-state index in [0.29, 0.717) is 0 Å². The number of nitrogens with zero attached hydrogens (tertiary/aromatic N) is 2. The molecule has 0 saturated heterocycles. The molecular formula is C19H18N4OS. The van der Waals surface area contributed by atoms with Gasteiger partial charge in [0.1, 0.15) is 12.0 Å². The van der Waals surface area contributed by atoms with Crippen LogP contribution in [0.15, 0.2) is 48.8 Å². The van der Waals surface area contributed by atoms with Gasteiger partial charge in [-0.3, -0.25) is 4.79 Å². The molecule has 0 saturated carbocycles. The topological polar surface area (TPSA) is 70.7 Å². The Morgan fingerprint density at radius 2 is 2.36 bits per heavy atom. The molecule has 6 heteroatoms. The zero-order valence-corrected chi connectivity index (χ0v) is 14.5. The maximum absolute atomic E-state index is 11.6. The van der Waals surface area contributed by atoms with Gasteiger partial charge in [-0.15, -0.1) is 11.3 Å². The quantitative estimate of drug-likeness (QED) is 0.701. The molecule has 0 aliphatic heterocycles. The number of hydrogen-bond acceptors (Lipinski definition) is 4. The van der Waals surface area contributed by atoms with Gasteiger partial charge in [0, 0.05) is 22.7 Å².